The molecular weight excluding hydrogens is 1190 g/mol. The molecule has 13 heteroatoms. The van der Waals surface area contributed by atoms with E-state index in [0.29, 0.717) is 13.4 Å². The Bertz CT molecular complexity index is 859. The van der Waals surface area contributed by atoms with E-state index in [9.17, 15) is 15.3 Å². The largest absolute Gasteiger partial charge is 3.00 e. The molecule has 176 valence electrons. The molecule has 3 nitrogen and oxygen atoms in total. The topological polar surface area (TPSA) is 69.2 Å². The van der Waals surface area contributed by atoms with Crippen LogP contribution in [0.4, 0.5) is 0 Å². The van der Waals surface area contributed by atoms with Crippen LogP contribution >= 0.6 is 143 Å². The van der Waals surface area contributed by atoms with Crippen molar-refractivity contribution in [2.75, 3.05) is 0 Å². The third kappa shape index (κ3) is 10.4. The molecule has 0 aliphatic heterocycles. The Labute approximate surface area is 283 Å². The van der Waals surface area contributed by atoms with Gasteiger partial charge in [0.2, 0.25) is 0 Å². The summed E-state index contributed by atoms with van der Waals surface area (Å²) in [5.74, 6) is -0.0553. The fourth-order valence-corrected chi connectivity index (χ4v) is 5.33. The Morgan fingerprint density at radius 1 is 0.387 bits per heavy atom. The average molecular weight is 1210 g/mol. The predicted octanol–water partition coefficient (Wildman–Crippen LogP) is 10.2. The van der Waals surface area contributed by atoms with Crippen molar-refractivity contribution in [3.8, 4) is 17.2 Å². The third-order valence-corrected chi connectivity index (χ3v) is 13.0. The van der Waals surface area contributed by atoms with Crippen LogP contribution in [-0.2, 0) is 0 Å². The van der Waals surface area contributed by atoms with E-state index in [1.165, 1.54) is 18.2 Å². The van der Waals surface area contributed by atoms with Gasteiger partial charge in [0, 0.05) is 48.8 Å². The summed E-state index contributed by atoms with van der Waals surface area (Å²) in [7, 11) is 0. The summed E-state index contributed by atoms with van der Waals surface area (Å²) in [6, 6.07) is 9.61. The molecule has 0 heterocycles. The molecule has 0 unspecified atom stereocenters. The molecular formula is C18H18BiBr9O3. The predicted molar refractivity (Wildman–Crippen MR) is 165 cm³/mol. The molecule has 31 heavy (non-hydrogen) atoms. The molecule has 0 saturated carbocycles. The van der Waals surface area contributed by atoms with Crippen molar-refractivity contribution >= 4 is 170 Å². The first kappa shape index (κ1) is 33.3. The van der Waals surface area contributed by atoms with Crippen molar-refractivity contribution < 1.29 is 23.9 Å². The Kier molecular flexibility index (Phi) is 17.3. The molecule has 0 saturated heterocycles. The molecule has 0 amide bonds. The van der Waals surface area contributed by atoms with Gasteiger partial charge in [-0.3, -0.25) is 0 Å². The Balaban J connectivity index is -0.0000000667. The molecule has 3 rings (SSSR count). The van der Waals surface area contributed by atoms with E-state index in [1.807, 2.05) is 0 Å². The zero-order chi connectivity index (χ0) is 23.2. The first-order valence-electron chi connectivity index (χ1n) is 7.30. The molecule has 3 aromatic rings. The zero-order valence-electron chi connectivity index (χ0n) is 14.5. The Morgan fingerprint density at radius 2 is 0.581 bits per heavy atom. The third-order valence-electron chi connectivity index (χ3n) is 3.00. The minimum Gasteiger partial charge on any atom is -0.872 e. The molecule has 0 N–H and O–H groups in total. The normalized spacial score (nSPS) is 9.58. The smallest absolute Gasteiger partial charge is 0.872 e. The van der Waals surface area contributed by atoms with Crippen LogP contribution in [0.1, 0.15) is 8.56 Å². The van der Waals surface area contributed by atoms with Crippen LogP contribution < -0.4 is 15.3 Å². The fourth-order valence-electron chi connectivity index (χ4n) is 1.52. The van der Waals surface area contributed by atoms with Gasteiger partial charge in [-0.1, -0.05) is 83.2 Å². The van der Waals surface area contributed by atoms with E-state index >= 15 is 0 Å². The first-order valence-corrected chi connectivity index (χ1v) is 14.4. The minimum atomic E-state index is -0.0184. The van der Waals surface area contributed by atoms with Gasteiger partial charge < -0.3 is 15.3 Å². The number of rotatable bonds is 0. The van der Waals surface area contributed by atoms with Gasteiger partial charge in [0.15, 0.2) is 0 Å². The number of benzene rings is 3. The maximum atomic E-state index is 10.9. The van der Waals surface area contributed by atoms with Crippen molar-refractivity contribution in [2.45, 2.75) is 0 Å². The van der Waals surface area contributed by atoms with Gasteiger partial charge in [-0.25, -0.2) is 0 Å². The van der Waals surface area contributed by atoms with E-state index in [1.54, 1.807) is 18.2 Å². The van der Waals surface area contributed by atoms with Gasteiger partial charge in [0.05, 0.1) is 0 Å². The quantitative estimate of drug-likeness (QED) is 0.166. The molecule has 0 spiro atoms. The summed E-state index contributed by atoms with van der Waals surface area (Å²) in [4.78, 5) is 0. The SMILES string of the molecule is [Bi+3].[HH].[HH].[HH].[HH].[HH].[HH].[O-]c1ccc(Br)c(Br)c1Br.[O-]c1ccc(Br)c(Br)c1Br.[O-]c1ccc(Br)c(Br)c1Br. The number of hydrogen-bond acceptors (Lipinski definition) is 3. The van der Waals surface area contributed by atoms with Gasteiger partial charge in [-0.2, -0.15) is 0 Å². The summed E-state index contributed by atoms with van der Waals surface area (Å²) in [5, 5.41) is 32.7. The maximum absolute atomic E-state index is 10.9. The van der Waals surface area contributed by atoms with E-state index < -0.39 is 0 Å². The van der Waals surface area contributed by atoms with Crippen LogP contribution in [0.3, 0.4) is 0 Å². The molecule has 3 aromatic carbocycles. The van der Waals surface area contributed by atoms with Gasteiger partial charge in [0.1, 0.15) is 0 Å². The second-order valence-corrected chi connectivity index (χ2v) is 12.3. The summed E-state index contributed by atoms with van der Waals surface area (Å²) >= 11 is 28.9. The number of hydrogen-bond donors (Lipinski definition) is 0. The van der Waals surface area contributed by atoms with Crippen molar-refractivity contribution in [1.82, 2.24) is 0 Å². The summed E-state index contributed by atoms with van der Waals surface area (Å²) in [6.45, 7) is 0. The molecule has 0 atom stereocenters. The summed E-state index contributed by atoms with van der Waals surface area (Å²) in [6.07, 6.45) is 0. The van der Waals surface area contributed by atoms with Crippen molar-refractivity contribution in [3.05, 3.63) is 76.7 Å². The average Bonchev–Trinajstić information content (AvgIpc) is 2.73. The van der Waals surface area contributed by atoms with Gasteiger partial charge in [0.25, 0.3) is 0 Å². The maximum Gasteiger partial charge on any atom is 3.00 e. The van der Waals surface area contributed by atoms with Crippen LogP contribution in [0, 0.1) is 0 Å². The van der Waals surface area contributed by atoms with Gasteiger partial charge >= 0.3 is 26.2 Å². The molecule has 0 aliphatic carbocycles. The Hall–Kier alpha value is 2.26. The minimum absolute atomic E-state index is 0. The van der Waals surface area contributed by atoms with E-state index in [4.69, 9.17) is 0 Å². The monoisotopic (exact) mass is 1200 g/mol. The molecule has 0 aromatic heterocycles. The van der Waals surface area contributed by atoms with Crippen LogP contribution in [0.15, 0.2) is 76.7 Å². The van der Waals surface area contributed by atoms with Crippen LogP contribution in [0.2, 0.25) is 0 Å². The van der Waals surface area contributed by atoms with Crippen molar-refractivity contribution in [2.24, 2.45) is 0 Å². The van der Waals surface area contributed by atoms with Crippen LogP contribution in [0.25, 0.3) is 0 Å². The summed E-state index contributed by atoms with van der Waals surface area (Å²) in [5.41, 5.74) is 0. The molecule has 0 bridgehead atoms. The fraction of sp³-hybridized carbons (Fsp3) is 0. The summed E-state index contributed by atoms with van der Waals surface area (Å²) < 4.78 is 6.59. The molecule has 0 fully saturated rings. The Morgan fingerprint density at radius 3 is 0.742 bits per heavy atom. The van der Waals surface area contributed by atoms with Crippen molar-refractivity contribution in [1.29, 1.82) is 0 Å². The van der Waals surface area contributed by atoms with E-state index in [2.05, 4.69) is 143 Å². The molecule has 2 radical (unpaired) electrons. The standard InChI is InChI=1S/3C6H3Br3O.Bi.6H2/c3*7-3-1-2-4(10)6(9)5(3)8;;;;;;;/h3*1-2,10H;;6*1H/q;;;+3;;;;;;/p-3. The van der Waals surface area contributed by atoms with Gasteiger partial charge in [-0.15, -0.1) is 0 Å². The van der Waals surface area contributed by atoms with Crippen LogP contribution in [-0.4, -0.2) is 26.2 Å². The van der Waals surface area contributed by atoms with Gasteiger partial charge in [-0.05, 0) is 114 Å². The first-order chi connectivity index (χ1) is 13.9. The van der Waals surface area contributed by atoms with Crippen LogP contribution in [0.5, 0.6) is 17.2 Å². The zero-order valence-corrected chi connectivity index (χ0v) is 32.3. The number of halogens is 9. The van der Waals surface area contributed by atoms with E-state index in [-0.39, 0.29) is 52.0 Å². The second kappa shape index (κ2) is 16.1. The van der Waals surface area contributed by atoms with E-state index in [0.717, 1.165) is 26.8 Å². The molecule has 0 aliphatic rings. The second-order valence-electron chi connectivity index (χ2n) is 5.02. The van der Waals surface area contributed by atoms with Crippen molar-refractivity contribution in [3.63, 3.8) is 0 Å².